The van der Waals surface area contributed by atoms with E-state index in [0.29, 0.717) is 19.3 Å². The van der Waals surface area contributed by atoms with Gasteiger partial charge in [-0.05, 0) is 128 Å². The minimum absolute atomic E-state index is 0.0996. The Labute approximate surface area is 450 Å². The number of carbonyl (C=O) groups is 3. The van der Waals surface area contributed by atoms with Gasteiger partial charge in [-0.3, -0.25) is 14.4 Å². The van der Waals surface area contributed by atoms with E-state index in [4.69, 9.17) is 14.2 Å². The number of hydrogen-bond donors (Lipinski definition) is 0. The van der Waals surface area contributed by atoms with Gasteiger partial charge in [0.05, 0.1) is 0 Å². The van der Waals surface area contributed by atoms with Gasteiger partial charge in [0.1, 0.15) is 13.2 Å². The predicted octanol–water partition coefficient (Wildman–Crippen LogP) is 20.4. The van der Waals surface area contributed by atoms with E-state index in [1.807, 2.05) is 0 Å². The summed E-state index contributed by atoms with van der Waals surface area (Å²) >= 11 is 0. The van der Waals surface area contributed by atoms with Crippen molar-refractivity contribution in [3.63, 3.8) is 0 Å². The zero-order valence-corrected chi connectivity index (χ0v) is 47.4. The molecule has 0 amide bonds. The molecule has 0 aromatic carbocycles. The maximum absolute atomic E-state index is 12.9. The van der Waals surface area contributed by atoms with Crippen LogP contribution in [0.4, 0.5) is 0 Å². The maximum Gasteiger partial charge on any atom is 0.306 e. The van der Waals surface area contributed by atoms with Gasteiger partial charge in [-0.25, -0.2) is 0 Å². The van der Waals surface area contributed by atoms with Crippen LogP contribution in [0.5, 0.6) is 0 Å². The first-order chi connectivity index (χ1) is 36.0. The lowest BCUT2D eigenvalue weighted by Gasteiger charge is -2.18. The molecule has 1 atom stereocenters. The number of unbranched alkanes of at least 4 members (excludes halogenated alkanes) is 22. The molecule has 0 fully saturated rings. The fraction of sp³-hybridized carbons (Fsp3) is 0.657. The van der Waals surface area contributed by atoms with Crippen molar-refractivity contribution in [3.8, 4) is 0 Å². The number of carbonyl (C=O) groups excluding carboxylic acids is 3. The van der Waals surface area contributed by atoms with Gasteiger partial charge in [0.2, 0.25) is 0 Å². The largest absolute Gasteiger partial charge is 0.462 e. The fourth-order valence-electron chi connectivity index (χ4n) is 7.90. The number of esters is 3. The molecule has 0 aliphatic heterocycles. The van der Waals surface area contributed by atoms with Gasteiger partial charge in [-0.2, -0.15) is 0 Å². The van der Waals surface area contributed by atoms with Crippen molar-refractivity contribution in [1.82, 2.24) is 0 Å². The lowest BCUT2D eigenvalue weighted by molar-refractivity contribution is -0.167. The molecule has 0 rings (SSSR count). The van der Waals surface area contributed by atoms with E-state index in [2.05, 4.69) is 142 Å². The highest BCUT2D eigenvalue weighted by atomic mass is 16.6. The average molecular weight is 1010 g/mol. The Morgan fingerprint density at radius 2 is 0.548 bits per heavy atom. The Bertz CT molecular complexity index is 1540. The molecule has 0 aromatic rings. The van der Waals surface area contributed by atoms with Crippen molar-refractivity contribution in [1.29, 1.82) is 0 Å². The van der Waals surface area contributed by atoms with Crippen molar-refractivity contribution in [2.45, 2.75) is 271 Å². The normalized spacial score (nSPS) is 13.0. The first-order valence-electron chi connectivity index (χ1n) is 30.0. The minimum atomic E-state index is -0.803. The summed E-state index contributed by atoms with van der Waals surface area (Å²) in [5, 5.41) is 0. The first-order valence-corrected chi connectivity index (χ1v) is 30.0. The van der Waals surface area contributed by atoms with Gasteiger partial charge in [0, 0.05) is 19.3 Å². The summed E-state index contributed by atoms with van der Waals surface area (Å²) in [6, 6.07) is 0. The topological polar surface area (TPSA) is 78.9 Å². The lowest BCUT2D eigenvalue weighted by atomic mass is 10.1. The second kappa shape index (κ2) is 60.4. The molecule has 0 saturated carbocycles. The molecule has 0 spiro atoms. The molecule has 6 nitrogen and oxygen atoms in total. The molecule has 0 heterocycles. The van der Waals surface area contributed by atoms with Gasteiger partial charge in [0.15, 0.2) is 6.10 Å². The molecule has 0 radical (unpaired) electrons. The highest BCUT2D eigenvalue weighted by Crippen LogP contribution is 2.14. The number of ether oxygens (including phenoxy) is 3. The first kappa shape index (κ1) is 68.8. The van der Waals surface area contributed by atoms with Gasteiger partial charge < -0.3 is 14.2 Å². The van der Waals surface area contributed by atoms with E-state index in [9.17, 15) is 14.4 Å². The zero-order chi connectivity index (χ0) is 52.9. The smallest absolute Gasteiger partial charge is 0.306 e. The quantitative estimate of drug-likeness (QED) is 0.0261. The summed E-state index contributed by atoms with van der Waals surface area (Å²) in [7, 11) is 0. The molecular weight excluding hydrogens is 901 g/mol. The van der Waals surface area contributed by atoms with E-state index in [1.165, 1.54) is 77.0 Å². The monoisotopic (exact) mass is 1010 g/mol. The highest BCUT2D eigenvalue weighted by Gasteiger charge is 2.19. The molecule has 0 aliphatic rings. The Hall–Kier alpha value is -4.19. The second-order valence-electron chi connectivity index (χ2n) is 19.5. The predicted molar refractivity (Wildman–Crippen MR) is 316 cm³/mol. The van der Waals surface area contributed by atoms with Crippen molar-refractivity contribution in [2.24, 2.45) is 0 Å². The van der Waals surface area contributed by atoms with E-state index in [-0.39, 0.29) is 31.1 Å². The van der Waals surface area contributed by atoms with Gasteiger partial charge in [-0.1, -0.05) is 239 Å². The summed E-state index contributed by atoms with van der Waals surface area (Å²) < 4.78 is 16.9. The molecule has 0 bridgehead atoms. The van der Waals surface area contributed by atoms with Crippen LogP contribution in [0.2, 0.25) is 0 Å². The van der Waals surface area contributed by atoms with E-state index in [1.54, 1.807) is 0 Å². The second-order valence-corrected chi connectivity index (χ2v) is 19.5. The van der Waals surface area contributed by atoms with Crippen molar-refractivity contribution < 1.29 is 28.6 Å². The molecule has 0 aliphatic carbocycles. The summed E-state index contributed by atoms with van der Waals surface area (Å²) in [5.74, 6) is -0.945. The van der Waals surface area contributed by atoms with Crippen LogP contribution in [0, 0.1) is 0 Å². The molecule has 73 heavy (non-hydrogen) atoms. The third kappa shape index (κ3) is 58.6. The van der Waals surface area contributed by atoms with Crippen molar-refractivity contribution in [3.05, 3.63) is 122 Å². The van der Waals surface area contributed by atoms with Gasteiger partial charge >= 0.3 is 17.9 Å². The standard InChI is InChI=1S/C67H110O6/c1-4-7-10-13-16-19-22-25-28-30-32-33-34-35-36-38-39-42-45-48-51-54-57-60-66(69)72-63-64(62-71-65(68)59-56-53-50-47-44-41-27-24-21-18-15-12-9-6-3)73-67(70)61-58-55-52-49-46-43-40-37-31-29-26-23-20-17-14-11-8-5-2/h7,10,15-16,18-20,23-25,27-29,31-33,35-36,39,42,64H,4-6,8-9,11-14,17,21-22,26,30,34,37-38,40-41,43-63H2,1-3H3/b10-7-,18-15-,19-16-,23-20-,27-24-,28-25-,31-29-,33-32-,36-35-,42-39-. The maximum atomic E-state index is 12.9. The molecule has 0 N–H and O–H groups in total. The molecule has 0 aromatic heterocycles. The Morgan fingerprint density at radius 1 is 0.288 bits per heavy atom. The fourth-order valence-corrected chi connectivity index (χ4v) is 7.90. The van der Waals surface area contributed by atoms with Crippen LogP contribution in [0.25, 0.3) is 0 Å². The third-order valence-corrected chi connectivity index (χ3v) is 12.4. The Kier molecular flexibility index (Phi) is 56.9. The molecular formula is C67H110O6. The number of hydrogen-bond acceptors (Lipinski definition) is 6. The van der Waals surface area contributed by atoms with Crippen LogP contribution >= 0.6 is 0 Å². The molecule has 1 unspecified atom stereocenters. The highest BCUT2D eigenvalue weighted by molar-refractivity contribution is 5.71. The molecule has 414 valence electrons. The van der Waals surface area contributed by atoms with Crippen molar-refractivity contribution in [2.75, 3.05) is 13.2 Å². The summed E-state index contributed by atoms with van der Waals surface area (Å²) in [5.41, 5.74) is 0. The van der Waals surface area contributed by atoms with Gasteiger partial charge in [-0.15, -0.1) is 0 Å². The molecule has 6 heteroatoms. The van der Waals surface area contributed by atoms with E-state index < -0.39 is 6.10 Å². The summed E-state index contributed by atoms with van der Waals surface area (Å²) in [4.78, 5) is 38.2. The van der Waals surface area contributed by atoms with E-state index >= 15 is 0 Å². The Balaban J connectivity index is 4.46. The third-order valence-electron chi connectivity index (χ3n) is 12.4. The molecule has 0 saturated heterocycles. The lowest BCUT2D eigenvalue weighted by Crippen LogP contribution is -2.30. The summed E-state index contributed by atoms with van der Waals surface area (Å²) in [6.45, 7) is 6.43. The average Bonchev–Trinajstić information content (AvgIpc) is 3.39. The van der Waals surface area contributed by atoms with Crippen LogP contribution in [-0.4, -0.2) is 37.2 Å². The van der Waals surface area contributed by atoms with Crippen LogP contribution < -0.4 is 0 Å². The Morgan fingerprint density at radius 3 is 0.877 bits per heavy atom. The van der Waals surface area contributed by atoms with Crippen LogP contribution in [0.1, 0.15) is 265 Å². The van der Waals surface area contributed by atoms with Gasteiger partial charge in [0.25, 0.3) is 0 Å². The number of rotatable bonds is 53. The van der Waals surface area contributed by atoms with E-state index in [0.717, 1.165) is 148 Å². The van der Waals surface area contributed by atoms with Crippen molar-refractivity contribution >= 4 is 17.9 Å². The zero-order valence-electron chi connectivity index (χ0n) is 47.4. The SMILES string of the molecule is CC/C=C\C/C=C\C/C=C\C/C=C\C/C=C\C/C=C\CCCCCCC(=O)OCC(COC(=O)CCCCCCC/C=C\C/C=C\CCCC)OC(=O)CCCCCCCCC/C=C\C/C=C\CCCCCC. The van der Waals surface area contributed by atoms with Crippen LogP contribution in [0.15, 0.2) is 122 Å². The summed E-state index contributed by atoms with van der Waals surface area (Å²) in [6.07, 6.45) is 83.3. The van der Waals surface area contributed by atoms with Crippen LogP contribution in [-0.2, 0) is 28.6 Å². The van der Waals surface area contributed by atoms with Crippen LogP contribution in [0.3, 0.4) is 0 Å². The number of allylic oxidation sites excluding steroid dienone is 20. The minimum Gasteiger partial charge on any atom is -0.462 e.